The minimum absolute atomic E-state index is 0.152. The molecule has 0 radical (unpaired) electrons. The van der Waals surface area contributed by atoms with Crippen molar-refractivity contribution in [2.45, 2.75) is 50.9 Å². The Morgan fingerprint density at radius 2 is 1.83 bits per heavy atom. The van der Waals surface area contributed by atoms with Crippen LogP contribution in [-0.2, 0) is 11.2 Å². The number of hydrogen-bond donors (Lipinski definition) is 0. The molecule has 1 amide bonds. The van der Waals surface area contributed by atoms with E-state index in [4.69, 9.17) is 4.42 Å². The monoisotopic (exact) mass is 399 g/mol. The van der Waals surface area contributed by atoms with E-state index in [1.807, 2.05) is 4.90 Å². The van der Waals surface area contributed by atoms with Gasteiger partial charge in [-0.2, -0.15) is 0 Å². The summed E-state index contributed by atoms with van der Waals surface area (Å²) in [5.41, 5.74) is 0.993. The zero-order chi connectivity index (χ0) is 20.1. The molecule has 3 heterocycles. The van der Waals surface area contributed by atoms with Crippen LogP contribution >= 0.6 is 0 Å². The van der Waals surface area contributed by atoms with Crippen molar-refractivity contribution in [3.05, 3.63) is 53.5 Å². The lowest BCUT2D eigenvalue weighted by Crippen LogP contribution is -2.44. The molecular formula is C23H30FN3O2. The Labute approximate surface area is 171 Å². The lowest BCUT2D eigenvalue weighted by molar-refractivity contribution is -0.133. The van der Waals surface area contributed by atoms with Crippen LogP contribution in [0.3, 0.4) is 0 Å². The summed E-state index contributed by atoms with van der Waals surface area (Å²) in [7, 11) is 0. The molecule has 0 bridgehead atoms. The third-order valence-electron chi connectivity index (χ3n) is 6.04. The van der Waals surface area contributed by atoms with E-state index in [1.54, 1.807) is 18.3 Å². The van der Waals surface area contributed by atoms with Gasteiger partial charge in [-0.25, -0.2) is 9.37 Å². The van der Waals surface area contributed by atoms with Crippen molar-refractivity contribution >= 4 is 5.91 Å². The predicted octanol–water partition coefficient (Wildman–Crippen LogP) is 3.99. The number of carbonyl (C=O) groups is 1. The molecule has 0 N–H and O–H groups in total. The number of amides is 1. The van der Waals surface area contributed by atoms with Gasteiger partial charge in [-0.15, -0.1) is 0 Å². The van der Waals surface area contributed by atoms with Crippen LogP contribution in [0.4, 0.5) is 4.39 Å². The quantitative estimate of drug-likeness (QED) is 0.763. The molecule has 2 fully saturated rings. The molecule has 0 unspecified atom stereocenters. The summed E-state index contributed by atoms with van der Waals surface area (Å²) in [6.45, 7) is 4.12. The Morgan fingerprint density at radius 1 is 1.07 bits per heavy atom. The van der Waals surface area contributed by atoms with Gasteiger partial charge in [0.2, 0.25) is 5.91 Å². The zero-order valence-electron chi connectivity index (χ0n) is 17.0. The number of aromatic nitrogens is 1. The minimum atomic E-state index is -0.237. The molecule has 0 spiro atoms. The number of benzene rings is 1. The molecule has 0 aliphatic carbocycles. The Kier molecular flexibility index (Phi) is 6.60. The van der Waals surface area contributed by atoms with Crippen LogP contribution in [-0.4, -0.2) is 53.4 Å². The second kappa shape index (κ2) is 9.53. The summed E-state index contributed by atoms with van der Waals surface area (Å²) in [5, 5.41) is 0. The van der Waals surface area contributed by atoms with Crippen LogP contribution in [0.1, 0.15) is 61.7 Å². The highest BCUT2D eigenvalue weighted by Gasteiger charge is 2.28. The van der Waals surface area contributed by atoms with Gasteiger partial charge in [-0.05, 0) is 56.5 Å². The van der Waals surface area contributed by atoms with Crippen LogP contribution in [0.15, 0.2) is 34.9 Å². The standard InChI is InChI=1S/C23H30FN3O2/c24-20-9-7-18(8-10-20)14-21-15-25-23(29-21)19-6-5-13-27(16-19)22(28)17-26-11-3-1-2-4-12-26/h7-10,15,19H,1-6,11-14,16-17H2/t19-/m0/s1. The summed E-state index contributed by atoms with van der Waals surface area (Å²) in [6, 6.07) is 6.45. The molecule has 0 saturated carbocycles. The number of piperidine rings is 1. The van der Waals surface area contributed by atoms with Crippen LogP contribution in [0.2, 0.25) is 0 Å². The topological polar surface area (TPSA) is 49.6 Å². The highest BCUT2D eigenvalue weighted by atomic mass is 19.1. The maximum atomic E-state index is 13.1. The fourth-order valence-corrected chi connectivity index (χ4v) is 4.39. The van der Waals surface area contributed by atoms with Crippen molar-refractivity contribution < 1.29 is 13.6 Å². The molecule has 1 atom stereocenters. The average molecular weight is 400 g/mol. The van der Waals surface area contributed by atoms with Crippen molar-refractivity contribution in [1.82, 2.24) is 14.8 Å². The summed E-state index contributed by atoms with van der Waals surface area (Å²) >= 11 is 0. The molecule has 6 heteroatoms. The maximum Gasteiger partial charge on any atom is 0.236 e. The fourth-order valence-electron chi connectivity index (χ4n) is 4.39. The van der Waals surface area contributed by atoms with Gasteiger partial charge in [0.25, 0.3) is 0 Å². The molecule has 2 aliphatic heterocycles. The second-order valence-corrected chi connectivity index (χ2v) is 8.34. The molecule has 1 aromatic heterocycles. The number of hydrogen-bond acceptors (Lipinski definition) is 4. The highest BCUT2D eigenvalue weighted by molar-refractivity contribution is 5.78. The van der Waals surface area contributed by atoms with Gasteiger partial charge in [0, 0.05) is 19.5 Å². The Bertz CT molecular complexity index is 797. The van der Waals surface area contributed by atoms with E-state index in [2.05, 4.69) is 9.88 Å². The summed E-state index contributed by atoms with van der Waals surface area (Å²) < 4.78 is 19.1. The van der Waals surface area contributed by atoms with E-state index >= 15 is 0 Å². The largest absolute Gasteiger partial charge is 0.445 e. The second-order valence-electron chi connectivity index (χ2n) is 8.34. The first-order chi connectivity index (χ1) is 14.2. The predicted molar refractivity (Wildman–Crippen MR) is 109 cm³/mol. The van der Waals surface area contributed by atoms with E-state index in [9.17, 15) is 9.18 Å². The fraction of sp³-hybridized carbons (Fsp3) is 0.565. The van der Waals surface area contributed by atoms with Gasteiger partial charge >= 0.3 is 0 Å². The molecule has 29 heavy (non-hydrogen) atoms. The normalized spacial score (nSPS) is 21.1. The molecular weight excluding hydrogens is 369 g/mol. The molecule has 1 aromatic carbocycles. The number of rotatable bonds is 5. The Morgan fingerprint density at radius 3 is 2.59 bits per heavy atom. The SMILES string of the molecule is O=C(CN1CCCCCC1)N1CCC[C@H](c2ncc(Cc3ccc(F)cc3)o2)C1. The van der Waals surface area contributed by atoms with E-state index in [-0.39, 0.29) is 17.6 Å². The zero-order valence-corrected chi connectivity index (χ0v) is 17.0. The smallest absolute Gasteiger partial charge is 0.236 e. The van der Waals surface area contributed by atoms with Crippen LogP contribution in [0, 0.1) is 5.82 Å². The van der Waals surface area contributed by atoms with E-state index < -0.39 is 0 Å². The molecule has 156 valence electrons. The number of nitrogens with zero attached hydrogens (tertiary/aromatic N) is 3. The number of halogens is 1. The van der Waals surface area contributed by atoms with Gasteiger partial charge < -0.3 is 9.32 Å². The molecule has 2 aromatic rings. The van der Waals surface area contributed by atoms with Gasteiger partial charge in [-0.3, -0.25) is 9.69 Å². The van der Waals surface area contributed by atoms with Crippen molar-refractivity contribution in [3.8, 4) is 0 Å². The van der Waals surface area contributed by atoms with Crippen molar-refractivity contribution in [2.24, 2.45) is 0 Å². The van der Waals surface area contributed by atoms with Gasteiger partial charge in [0.15, 0.2) is 5.89 Å². The summed E-state index contributed by atoms with van der Waals surface area (Å²) in [5.74, 6) is 1.64. The van der Waals surface area contributed by atoms with Gasteiger partial charge in [0.05, 0.1) is 18.7 Å². The van der Waals surface area contributed by atoms with E-state index in [0.717, 1.165) is 49.7 Å². The minimum Gasteiger partial charge on any atom is -0.445 e. The molecule has 2 aliphatic rings. The first-order valence-corrected chi connectivity index (χ1v) is 10.9. The first-order valence-electron chi connectivity index (χ1n) is 10.9. The van der Waals surface area contributed by atoms with Gasteiger partial charge in [-0.1, -0.05) is 25.0 Å². The third-order valence-corrected chi connectivity index (χ3v) is 6.04. The van der Waals surface area contributed by atoms with E-state index in [0.29, 0.717) is 19.5 Å². The number of likely N-dealkylation sites (tertiary alicyclic amines) is 2. The Balaban J connectivity index is 1.33. The molecule has 5 nitrogen and oxygen atoms in total. The maximum absolute atomic E-state index is 13.1. The van der Waals surface area contributed by atoms with Crippen LogP contribution in [0.5, 0.6) is 0 Å². The molecule has 4 rings (SSSR count). The third kappa shape index (κ3) is 5.44. The lowest BCUT2D eigenvalue weighted by Gasteiger charge is -2.33. The van der Waals surface area contributed by atoms with E-state index in [1.165, 1.54) is 37.8 Å². The van der Waals surface area contributed by atoms with Gasteiger partial charge in [0.1, 0.15) is 11.6 Å². The van der Waals surface area contributed by atoms with Crippen molar-refractivity contribution in [3.63, 3.8) is 0 Å². The van der Waals surface area contributed by atoms with Crippen LogP contribution in [0.25, 0.3) is 0 Å². The molecule has 2 saturated heterocycles. The van der Waals surface area contributed by atoms with Crippen LogP contribution < -0.4 is 0 Å². The number of oxazole rings is 1. The number of carbonyl (C=O) groups excluding carboxylic acids is 1. The summed E-state index contributed by atoms with van der Waals surface area (Å²) in [4.78, 5) is 21.6. The highest BCUT2D eigenvalue weighted by Crippen LogP contribution is 2.27. The first kappa shape index (κ1) is 20.1. The summed E-state index contributed by atoms with van der Waals surface area (Å²) in [6.07, 6.45) is 9.28. The Hall–Kier alpha value is -2.21. The van der Waals surface area contributed by atoms with Crippen molar-refractivity contribution in [2.75, 3.05) is 32.7 Å². The van der Waals surface area contributed by atoms with Crippen molar-refractivity contribution in [1.29, 1.82) is 0 Å². The lowest BCUT2D eigenvalue weighted by atomic mass is 9.98. The average Bonchev–Trinajstić information content (AvgIpc) is 3.05.